The van der Waals surface area contributed by atoms with Crippen LogP contribution in [0.4, 0.5) is 0 Å². The van der Waals surface area contributed by atoms with Gasteiger partial charge in [0.15, 0.2) is 6.29 Å². The molecule has 0 aromatic rings. The average Bonchev–Trinajstić information content (AvgIpc) is 2.59. The van der Waals surface area contributed by atoms with Gasteiger partial charge in [-0.1, -0.05) is 97.8 Å². The molecule has 0 saturated carbocycles. The molecule has 0 aliphatic carbocycles. The topological polar surface area (TPSA) is 85.2 Å². The molecule has 0 heterocycles. The molecule has 0 rings (SSSR count). The highest BCUT2D eigenvalue weighted by Crippen LogP contribution is 2.36. The van der Waals surface area contributed by atoms with Crippen LogP contribution in [0.1, 0.15) is 111 Å². The Morgan fingerprint density at radius 3 is 1.63 bits per heavy atom. The Labute approximate surface area is 166 Å². The zero-order chi connectivity index (χ0) is 20.4. The van der Waals surface area contributed by atoms with Gasteiger partial charge in [0.05, 0.1) is 6.61 Å². The summed E-state index contributed by atoms with van der Waals surface area (Å²) in [6, 6.07) is 0. The molecule has 0 radical (unpaired) electrons. The molecule has 27 heavy (non-hydrogen) atoms. The van der Waals surface area contributed by atoms with Crippen LogP contribution in [0.2, 0.25) is 0 Å². The summed E-state index contributed by atoms with van der Waals surface area (Å²) in [5, 5.41) is 0. The molecule has 1 unspecified atom stereocenters. The standard InChI is InChI=1S/C20H43O6P/c1-4-5-6-7-8-9-10-11-12-13-14-15-16-17-20(24-18-19(2)3)25-26-27(21,22)23/h19-20H,4-18H2,1-3H3,(H2,21,22,23). The van der Waals surface area contributed by atoms with Gasteiger partial charge in [-0.25, -0.2) is 4.57 Å². The van der Waals surface area contributed by atoms with Gasteiger partial charge in [0.2, 0.25) is 0 Å². The quantitative estimate of drug-likeness (QED) is 0.0782. The average molecular weight is 411 g/mol. The summed E-state index contributed by atoms with van der Waals surface area (Å²) in [4.78, 5) is 22.3. The smallest absolute Gasteiger partial charge is 0.349 e. The van der Waals surface area contributed by atoms with Crippen LogP contribution in [-0.4, -0.2) is 22.7 Å². The van der Waals surface area contributed by atoms with Crippen LogP contribution in [-0.2, 0) is 18.9 Å². The Morgan fingerprint density at radius 1 is 0.778 bits per heavy atom. The Morgan fingerprint density at radius 2 is 1.22 bits per heavy atom. The molecule has 0 aromatic carbocycles. The van der Waals surface area contributed by atoms with Crippen LogP contribution in [0.5, 0.6) is 0 Å². The molecule has 0 amide bonds. The van der Waals surface area contributed by atoms with Crippen molar-refractivity contribution in [1.82, 2.24) is 0 Å². The normalized spacial score (nSPS) is 13.4. The first-order chi connectivity index (χ1) is 12.8. The van der Waals surface area contributed by atoms with Crippen LogP contribution in [0, 0.1) is 5.92 Å². The lowest BCUT2D eigenvalue weighted by Crippen LogP contribution is -2.19. The van der Waals surface area contributed by atoms with Crippen molar-refractivity contribution in [1.29, 1.82) is 0 Å². The number of ether oxygens (including phenoxy) is 1. The van der Waals surface area contributed by atoms with E-state index in [2.05, 4.69) is 11.6 Å². The van der Waals surface area contributed by atoms with E-state index in [1.807, 2.05) is 13.8 Å². The molecule has 164 valence electrons. The Bertz CT molecular complexity index is 358. The largest absolute Gasteiger partial charge is 0.496 e. The van der Waals surface area contributed by atoms with Crippen LogP contribution < -0.4 is 0 Å². The van der Waals surface area contributed by atoms with Gasteiger partial charge >= 0.3 is 7.82 Å². The maximum atomic E-state index is 10.8. The van der Waals surface area contributed by atoms with E-state index in [1.54, 1.807) is 0 Å². The van der Waals surface area contributed by atoms with Crippen molar-refractivity contribution in [3.05, 3.63) is 0 Å². The molecular weight excluding hydrogens is 367 g/mol. The molecular formula is C20H43O6P. The lowest BCUT2D eigenvalue weighted by Gasteiger charge is -2.18. The van der Waals surface area contributed by atoms with E-state index in [4.69, 9.17) is 19.4 Å². The van der Waals surface area contributed by atoms with E-state index < -0.39 is 14.1 Å². The van der Waals surface area contributed by atoms with Crippen LogP contribution in [0.3, 0.4) is 0 Å². The third-order valence-corrected chi connectivity index (χ3v) is 4.69. The summed E-state index contributed by atoms with van der Waals surface area (Å²) >= 11 is 0. The molecule has 1 atom stereocenters. The molecule has 0 aliphatic heterocycles. The molecule has 7 heteroatoms. The lowest BCUT2D eigenvalue weighted by atomic mass is 10.0. The first-order valence-electron chi connectivity index (χ1n) is 10.9. The number of hydrogen-bond donors (Lipinski definition) is 2. The number of rotatable bonds is 20. The Kier molecular flexibility index (Phi) is 18.1. The van der Waals surface area contributed by atoms with Gasteiger partial charge < -0.3 is 14.5 Å². The fraction of sp³-hybridized carbons (Fsp3) is 1.00. The van der Waals surface area contributed by atoms with Gasteiger partial charge in [0.25, 0.3) is 0 Å². The van der Waals surface area contributed by atoms with E-state index in [9.17, 15) is 4.57 Å². The predicted octanol–water partition coefficient (Wildman–Crippen LogP) is 6.51. The second kappa shape index (κ2) is 18.1. The molecule has 2 N–H and O–H groups in total. The Hall–Kier alpha value is 0.0300. The highest BCUT2D eigenvalue weighted by molar-refractivity contribution is 7.46. The number of phosphoric acid groups is 1. The van der Waals surface area contributed by atoms with Crippen molar-refractivity contribution in [2.75, 3.05) is 6.61 Å². The summed E-state index contributed by atoms with van der Waals surface area (Å²) in [6.45, 7) is 6.73. The van der Waals surface area contributed by atoms with Crippen molar-refractivity contribution in [2.45, 2.75) is 117 Å². The van der Waals surface area contributed by atoms with Crippen molar-refractivity contribution in [2.24, 2.45) is 5.92 Å². The second-order valence-electron chi connectivity index (χ2n) is 7.85. The lowest BCUT2D eigenvalue weighted by molar-refractivity contribution is -0.331. The summed E-state index contributed by atoms with van der Waals surface area (Å²) < 4.78 is 20.4. The fourth-order valence-corrected chi connectivity index (χ4v) is 3.10. The second-order valence-corrected chi connectivity index (χ2v) is 8.98. The first kappa shape index (κ1) is 27.0. The zero-order valence-corrected chi connectivity index (χ0v) is 18.6. The van der Waals surface area contributed by atoms with Crippen molar-refractivity contribution in [3.8, 4) is 0 Å². The van der Waals surface area contributed by atoms with Crippen molar-refractivity contribution in [3.63, 3.8) is 0 Å². The summed E-state index contributed by atoms with van der Waals surface area (Å²) in [7, 11) is -4.64. The molecule has 0 spiro atoms. The fourth-order valence-electron chi connectivity index (χ4n) is 2.89. The minimum atomic E-state index is -4.64. The molecule has 0 fully saturated rings. The van der Waals surface area contributed by atoms with Gasteiger partial charge in [-0.05, 0) is 12.3 Å². The zero-order valence-electron chi connectivity index (χ0n) is 17.7. The van der Waals surface area contributed by atoms with Gasteiger partial charge in [-0.15, -0.1) is 4.67 Å². The predicted molar refractivity (Wildman–Crippen MR) is 109 cm³/mol. The molecule has 6 nitrogen and oxygen atoms in total. The van der Waals surface area contributed by atoms with Crippen molar-refractivity contribution >= 4 is 7.82 Å². The number of hydrogen-bond acceptors (Lipinski definition) is 4. The third-order valence-electron chi connectivity index (χ3n) is 4.41. The van der Waals surface area contributed by atoms with E-state index in [-0.39, 0.29) is 0 Å². The van der Waals surface area contributed by atoms with Crippen LogP contribution >= 0.6 is 7.82 Å². The third kappa shape index (κ3) is 22.2. The molecule has 0 bridgehead atoms. The van der Waals surface area contributed by atoms with E-state index in [1.165, 1.54) is 70.6 Å². The summed E-state index contributed by atoms with van der Waals surface area (Å²) in [5.41, 5.74) is 0. The molecule has 0 aromatic heterocycles. The minimum Gasteiger partial charge on any atom is -0.349 e. The van der Waals surface area contributed by atoms with Crippen LogP contribution in [0.15, 0.2) is 0 Å². The maximum absolute atomic E-state index is 10.8. The summed E-state index contributed by atoms with van der Waals surface area (Å²) in [5.74, 6) is 0.317. The first-order valence-corrected chi connectivity index (χ1v) is 12.4. The van der Waals surface area contributed by atoms with E-state index in [0.717, 1.165) is 12.8 Å². The monoisotopic (exact) mass is 410 g/mol. The summed E-state index contributed by atoms with van der Waals surface area (Å²) in [6.07, 6.45) is 16.4. The number of unbranched alkanes of at least 4 members (excludes halogenated alkanes) is 12. The Balaban J connectivity index is 3.59. The van der Waals surface area contributed by atoms with Gasteiger partial charge in [0.1, 0.15) is 0 Å². The maximum Gasteiger partial charge on any atom is 0.496 e. The van der Waals surface area contributed by atoms with E-state index in [0.29, 0.717) is 18.9 Å². The van der Waals surface area contributed by atoms with E-state index >= 15 is 0 Å². The highest BCUT2D eigenvalue weighted by Gasteiger charge is 2.20. The van der Waals surface area contributed by atoms with Gasteiger partial charge in [0, 0.05) is 6.42 Å². The molecule has 0 saturated heterocycles. The van der Waals surface area contributed by atoms with Gasteiger partial charge in [-0.2, -0.15) is 4.89 Å². The minimum absolute atomic E-state index is 0.317. The van der Waals surface area contributed by atoms with Gasteiger partial charge in [-0.3, -0.25) is 0 Å². The van der Waals surface area contributed by atoms with Crippen molar-refractivity contribution < 1.29 is 28.7 Å². The molecule has 0 aliphatic rings. The SMILES string of the molecule is CCCCCCCCCCCCCCCC(OCC(C)C)OOP(=O)(O)O. The highest BCUT2D eigenvalue weighted by atomic mass is 31.2. The van der Waals surface area contributed by atoms with Crippen LogP contribution in [0.25, 0.3) is 0 Å².